The number of fused-ring (bicyclic) bond motifs is 1. The molecule has 3 aromatic rings. The molecule has 0 aliphatic heterocycles. The van der Waals surface area contributed by atoms with E-state index in [9.17, 15) is 26.7 Å². The zero-order valence-corrected chi connectivity index (χ0v) is 11.9. The maximum absolute atomic E-state index is 14.0. The van der Waals surface area contributed by atoms with Crippen molar-refractivity contribution in [1.29, 1.82) is 0 Å². The number of hydrogen-bond donors (Lipinski definition) is 0. The van der Waals surface area contributed by atoms with Gasteiger partial charge >= 0.3 is 0 Å². The minimum atomic E-state index is -1.96. The number of hydrogen-bond acceptors (Lipinski definition) is 2. The highest BCUT2D eigenvalue weighted by atomic mass is 19.2. The number of pyridine rings is 1. The fourth-order valence-corrected chi connectivity index (χ4v) is 2.42. The molecule has 24 heavy (non-hydrogen) atoms. The highest BCUT2D eigenvalue weighted by Gasteiger charge is 2.21. The van der Waals surface area contributed by atoms with Crippen LogP contribution in [0.3, 0.4) is 0 Å². The molecule has 0 saturated carbocycles. The van der Waals surface area contributed by atoms with Gasteiger partial charge in [0.2, 0.25) is 0 Å². The van der Waals surface area contributed by atoms with Crippen LogP contribution in [0, 0.1) is 29.1 Å². The Morgan fingerprint density at radius 1 is 0.917 bits per heavy atom. The van der Waals surface area contributed by atoms with Crippen molar-refractivity contribution < 1.29 is 26.7 Å². The van der Waals surface area contributed by atoms with Crippen LogP contribution in [0.1, 0.15) is 5.56 Å². The van der Waals surface area contributed by atoms with Crippen LogP contribution in [0.2, 0.25) is 0 Å². The first-order chi connectivity index (χ1) is 11.4. The number of carbonyl (C=O) groups excluding carboxylic acids is 1. The van der Waals surface area contributed by atoms with Crippen molar-refractivity contribution in [3.05, 3.63) is 65.0 Å². The summed E-state index contributed by atoms with van der Waals surface area (Å²) in [6.07, 6.45) is 0.412. The minimum absolute atomic E-state index is 0.136. The summed E-state index contributed by atoms with van der Waals surface area (Å²) in [5.74, 6) is -7.61. The van der Waals surface area contributed by atoms with Crippen LogP contribution in [0.15, 0.2) is 30.3 Å². The second kappa shape index (κ2) is 5.99. The maximum atomic E-state index is 14.0. The number of aldehydes is 1. The first-order valence-electron chi connectivity index (χ1n) is 6.78. The number of rotatable bonds is 3. The first-order valence-corrected chi connectivity index (χ1v) is 6.78. The van der Waals surface area contributed by atoms with Crippen LogP contribution in [-0.4, -0.2) is 11.3 Å². The molecule has 0 N–H and O–H groups in total. The van der Waals surface area contributed by atoms with Crippen LogP contribution in [0.25, 0.3) is 22.2 Å². The SMILES string of the molecule is O=CCc1cc(-c2cc(F)c(F)c(F)c2F)nc2ccc(F)cc12. The van der Waals surface area contributed by atoms with E-state index in [2.05, 4.69) is 4.98 Å². The highest BCUT2D eigenvalue weighted by Crippen LogP contribution is 2.30. The number of halogens is 5. The quantitative estimate of drug-likeness (QED) is 0.308. The Hall–Kier alpha value is -2.83. The van der Waals surface area contributed by atoms with Gasteiger partial charge < -0.3 is 4.79 Å². The lowest BCUT2D eigenvalue weighted by molar-refractivity contribution is -0.107. The Balaban J connectivity index is 2.32. The van der Waals surface area contributed by atoms with Gasteiger partial charge in [0.25, 0.3) is 0 Å². The van der Waals surface area contributed by atoms with E-state index in [1.807, 2.05) is 0 Å². The van der Waals surface area contributed by atoms with Gasteiger partial charge in [-0.25, -0.2) is 26.9 Å². The Morgan fingerprint density at radius 2 is 1.67 bits per heavy atom. The second-order valence-electron chi connectivity index (χ2n) is 5.05. The van der Waals surface area contributed by atoms with E-state index >= 15 is 0 Å². The number of carbonyl (C=O) groups is 1. The Bertz CT molecular complexity index is 971. The van der Waals surface area contributed by atoms with Gasteiger partial charge in [0.05, 0.1) is 11.2 Å². The molecule has 0 amide bonds. The fraction of sp³-hybridized carbons (Fsp3) is 0.0588. The fourth-order valence-electron chi connectivity index (χ4n) is 2.42. The molecule has 122 valence electrons. The van der Waals surface area contributed by atoms with Crippen molar-refractivity contribution in [1.82, 2.24) is 4.98 Å². The lowest BCUT2D eigenvalue weighted by Crippen LogP contribution is -2.01. The molecule has 2 nitrogen and oxygen atoms in total. The average molecular weight is 337 g/mol. The maximum Gasteiger partial charge on any atom is 0.198 e. The van der Waals surface area contributed by atoms with Crippen LogP contribution in [-0.2, 0) is 11.2 Å². The summed E-state index contributed by atoms with van der Waals surface area (Å²) in [5.41, 5.74) is -0.282. The summed E-state index contributed by atoms with van der Waals surface area (Å²) < 4.78 is 67.3. The molecule has 3 rings (SSSR count). The van der Waals surface area contributed by atoms with E-state index in [0.29, 0.717) is 23.3 Å². The molecule has 0 unspecified atom stereocenters. The summed E-state index contributed by atoms with van der Waals surface area (Å²) in [6.45, 7) is 0. The average Bonchev–Trinajstić information content (AvgIpc) is 2.56. The van der Waals surface area contributed by atoms with Crippen LogP contribution < -0.4 is 0 Å². The topological polar surface area (TPSA) is 30.0 Å². The van der Waals surface area contributed by atoms with E-state index in [1.54, 1.807) is 0 Å². The predicted octanol–water partition coefficient (Wildman–Crippen LogP) is 4.34. The third-order valence-corrected chi connectivity index (χ3v) is 3.54. The van der Waals surface area contributed by atoms with Gasteiger partial charge in [-0.3, -0.25) is 0 Å². The Kier molecular flexibility index (Phi) is 4.01. The van der Waals surface area contributed by atoms with E-state index in [0.717, 1.165) is 12.1 Å². The zero-order chi connectivity index (χ0) is 17.4. The summed E-state index contributed by atoms with van der Waals surface area (Å²) in [4.78, 5) is 14.8. The molecule has 1 aromatic heterocycles. The standard InChI is InChI=1S/C17H8F5NO/c18-9-1-2-13-10(6-9)8(3-4-24)5-14(23-13)11-7-12(19)16(21)17(22)15(11)20/h1-2,4-7H,3H2. The van der Waals surface area contributed by atoms with Gasteiger partial charge in [-0.2, -0.15) is 0 Å². The van der Waals surface area contributed by atoms with E-state index in [1.165, 1.54) is 12.1 Å². The molecule has 0 aliphatic carbocycles. The first kappa shape index (κ1) is 16.0. The number of nitrogens with zero attached hydrogens (tertiary/aromatic N) is 1. The lowest BCUT2D eigenvalue weighted by atomic mass is 10.0. The molecule has 0 fully saturated rings. The van der Waals surface area contributed by atoms with Gasteiger partial charge in [0.15, 0.2) is 23.3 Å². The van der Waals surface area contributed by atoms with Crippen molar-refractivity contribution >= 4 is 17.2 Å². The molecule has 0 bridgehead atoms. The zero-order valence-electron chi connectivity index (χ0n) is 11.9. The van der Waals surface area contributed by atoms with E-state index < -0.39 is 34.6 Å². The molecular formula is C17H8F5NO. The van der Waals surface area contributed by atoms with Crippen molar-refractivity contribution in [2.75, 3.05) is 0 Å². The smallest absolute Gasteiger partial charge is 0.198 e. The molecule has 0 saturated heterocycles. The van der Waals surface area contributed by atoms with Gasteiger partial charge in [0.1, 0.15) is 12.1 Å². The molecule has 7 heteroatoms. The predicted molar refractivity (Wildman–Crippen MR) is 76.7 cm³/mol. The van der Waals surface area contributed by atoms with Crippen LogP contribution in [0.4, 0.5) is 22.0 Å². The third-order valence-electron chi connectivity index (χ3n) is 3.54. The van der Waals surface area contributed by atoms with Crippen LogP contribution in [0.5, 0.6) is 0 Å². The summed E-state index contributed by atoms with van der Waals surface area (Å²) >= 11 is 0. The second-order valence-corrected chi connectivity index (χ2v) is 5.05. The molecule has 0 atom stereocenters. The van der Waals surface area contributed by atoms with E-state index in [-0.39, 0.29) is 17.6 Å². The number of benzene rings is 2. The van der Waals surface area contributed by atoms with Gasteiger partial charge in [-0.1, -0.05) is 0 Å². The molecule has 2 aromatic carbocycles. The van der Waals surface area contributed by atoms with E-state index in [4.69, 9.17) is 0 Å². The van der Waals surface area contributed by atoms with Gasteiger partial charge in [-0.15, -0.1) is 0 Å². The number of aromatic nitrogens is 1. The third kappa shape index (κ3) is 2.62. The Labute approximate surface area is 132 Å². The lowest BCUT2D eigenvalue weighted by Gasteiger charge is -2.10. The summed E-state index contributed by atoms with van der Waals surface area (Å²) in [5, 5.41) is 0.314. The summed E-state index contributed by atoms with van der Waals surface area (Å²) in [7, 11) is 0. The minimum Gasteiger partial charge on any atom is -0.303 e. The molecule has 0 spiro atoms. The largest absolute Gasteiger partial charge is 0.303 e. The Morgan fingerprint density at radius 3 is 2.38 bits per heavy atom. The molecule has 1 heterocycles. The highest BCUT2D eigenvalue weighted by molar-refractivity contribution is 5.87. The normalized spacial score (nSPS) is 11.0. The van der Waals surface area contributed by atoms with Crippen molar-refractivity contribution in [2.24, 2.45) is 0 Å². The van der Waals surface area contributed by atoms with Gasteiger partial charge in [-0.05, 0) is 35.9 Å². The summed E-state index contributed by atoms with van der Waals surface area (Å²) in [6, 6.07) is 5.23. The molecular weight excluding hydrogens is 329 g/mol. The van der Waals surface area contributed by atoms with Gasteiger partial charge in [0, 0.05) is 17.4 Å². The van der Waals surface area contributed by atoms with Crippen molar-refractivity contribution in [3.63, 3.8) is 0 Å². The van der Waals surface area contributed by atoms with Crippen LogP contribution >= 0.6 is 0 Å². The monoisotopic (exact) mass is 337 g/mol. The van der Waals surface area contributed by atoms with Crippen molar-refractivity contribution in [3.8, 4) is 11.3 Å². The molecule has 0 aliphatic rings. The van der Waals surface area contributed by atoms with Crippen molar-refractivity contribution in [2.45, 2.75) is 6.42 Å². The molecule has 0 radical (unpaired) electrons.